The molecule has 6 nitrogen and oxygen atoms in total. The largest absolute Gasteiger partial charge is 0.478 e. The molecule has 2 N–H and O–H groups in total. The van der Waals surface area contributed by atoms with Crippen molar-refractivity contribution in [1.82, 2.24) is 19.9 Å². The number of carboxylic acid groups (broad SMARTS) is 1. The highest BCUT2D eigenvalue weighted by molar-refractivity contribution is 5.87. The van der Waals surface area contributed by atoms with Gasteiger partial charge in [0.05, 0.1) is 5.56 Å². The van der Waals surface area contributed by atoms with Crippen LogP contribution in [0, 0.1) is 5.92 Å². The molecule has 1 aliphatic heterocycles. The van der Waals surface area contributed by atoms with Crippen molar-refractivity contribution in [2.75, 3.05) is 13.1 Å². The first-order valence-electron chi connectivity index (χ1n) is 6.02. The molecule has 18 heavy (non-hydrogen) atoms. The SMILES string of the molecule is O=C(O)c1ccc2nc(CC3CCNC3)nn2c1. The molecule has 2 aromatic rings. The maximum atomic E-state index is 10.9. The molecule has 3 heterocycles. The maximum Gasteiger partial charge on any atom is 0.337 e. The molecule has 0 saturated carbocycles. The molecule has 1 aliphatic rings. The molecule has 1 atom stereocenters. The van der Waals surface area contributed by atoms with E-state index in [-0.39, 0.29) is 5.56 Å². The summed E-state index contributed by atoms with van der Waals surface area (Å²) in [6, 6.07) is 3.24. The van der Waals surface area contributed by atoms with Gasteiger partial charge in [-0.2, -0.15) is 5.10 Å². The molecule has 0 aliphatic carbocycles. The Kier molecular flexibility index (Phi) is 2.71. The van der Waals surface area contributed by atoms with E-state index in [9.17, 15) is 4.79 Å². The molecule has 94 valence electrons. The van der Waals surface area contributed by atoms with E-state index in [0.29, 0.717) is 11.6 Å². The van der Waals surface area contributed by atoms with Gasteiger partial charge in [-0.15, -0.1) is 0 Å². The fourth-order valence-electron chi connectivity index (χ4n) is 2.29. The van der Waals surface area contributed by atoms with E-state index in [1.165, 1.54) is 6.20 Å². The van der Waals surface area contributed by atoms with Crippen molar-refractivity contribution in [3.63, 3.8) is 0 Å². The average Bonchev–Trinajstić information content (AvgIpc) is 2.96. The zero-order chi connectivity index (χ0) is 12.5. The standard InChI is InChI=1S/C12H14N4O2/c17-12(18)9-1-2-11-14-10(15-16(11)7-9)5-8-3-4-13-6-8/h1-2,7-8,13H,3-6H2,(H,17,18). The highest BCUT2D eigenvalue weighted by Crippen LogP contribution is 2.14. The lowest BCUT2D eigenvalue weighted by atomic mass is 10.1. The number of aromatic nitrogens is 3. The van der Waals surface area contributed by atoms with Gasteiger partial charge >= 0.3 is 5.97 Å². The van der Waals surface area contributed by atoms with Gasteiger partial charge in [0.25, 0.3) is 0 Å². The van der Waals surface area contributed by atoms with Crippen molar-refractivity contribution in [3.05, 3.63) is 29.7 Å². The molecule has 1 saturated heterocycles. The highest BCUT2D eigenvalue weighted by atomic mass is 16.4. The Morgan fingerprint density at radius 1 is 1.56 bits per heavy atom. The molecule has 0 radical (unpaired) electrons. The first-order chi connectivity index (χ1) is 8.72. The number of hydrogen-bond acceptors (Lipinski definition) is 4. The van der Waals surface area contributed by atoms with Gasteiger partial charge < -0.3 is 10.4 Å². The van der Waals surface area contributed by atoms with Crippen LogP contribution in [0.5, 0.6) is 0 Å². The average molecular weight is 246 g/mol. The van der Waals surface area contributed by atoms with Crippen LogP contribution in [0.25, 0.3) is 5.65 Å². The van der Waals surface area contributed by atoms with Gasteiger partial charge in [0.2, 0.25) is 0 Å². The molecular weight excluding hydrogens is 232 g/mol. The quantitative estimate of drug-likeness (QED) is 0.828. The van der Waals surface area contributed by atoms with E-state index < -0.39 is 5.97 Å². The number of fused-ring (bicyclic) bond motifs is 1. The number of hydrogen-bond donors (Lipinski definition) is 2. The lowest BCUT2D eigenvalue weighted by molar-refractivity contribution is 0.0696. The van der Waals surface area contributed by atoms with Crippen molar-refractivity contribution in [1.29, 1.82) is 0 Å². The van der Waals surface area contributed by atoms with Crippen LogP contribution < -0.4 is 5.32 Å². The number of rotatable bonds is 3. The van der Waals surface area contributed by atoms with E-state index in [2.05, 4.69) is 15.4 Å². The van der Waals surface area contributed by atoms with Crippen molar-refractivity contribution < 1.29 is 9.90 Å². The number of carboxylic acids is 1. The second-order valence-electron chi connectivity index (χ2n) is 4.62. The monoisotopic (exact) mass is 246 g/mol. The zero-order valence-corrected chi connectivity index (χ0v) is 9.83. The van der Waals surface area contributed by atoms with Gasteiger partial charge in [-0.05, 0) is 37.6 Å². The summed E-state index contributed by atoms with van der Waals surface area (Å²) in [5, 5.41) is 16.6. The Morgan fingerprint density at radius 3 is 3.17 bits per heavy atom. The molecule has 2 aromatic heterocycles. The molecule has 3 rings (SSSR count). The summed E-state index contributed by atoms with van der Waals surface area (Å²) in [6.45, 7) is 2.07. The zero-order valence-electron chi connectivity index (χ0n) is 9.83. The minimum Gasteiger partial charge on any atom is -0.478 e. The van der Waals surface area contributed by atoms with Gasteiger partial charge in [-0.3, -0.25) is 0 Å². The minimum absolute atomic E-state index is 0.224. The summed E-state index contributed by atoms with van der Waals surface area (Å²) in [5.41, 5.74) is 0.919. The van der Waals surface area contributed by atoms with E-state index in [0.717, 1.165) is 31.8 Å². The molecule has 1 fully saturated rings. The Labute approximate surface area is 104 Å². The van der Waals surface area contributed by atoms with Gasteiger partial charge in [0.15, 0.2) is 11.5 Å². The first-order valence-corrected chi connectivity index (χ1v) is 6.02. The van der Waals surface area contributed by atoms with Crippen LogP contribution in [0.4, 0.5) is 0 Å². The smallest absolute Gasteiger partial charge is 0.337 e. The third-order valence-corrected chi connectivity index (χ3v) is 3.26. The van der Waals surface area contributed by atoms with Crippen LogP contribution >= 0.6 is 0 Å². The Morgan fingerprint density at radius 2 is 2.44 bits per heavy atom. The van der Waals surface area contributed by atoms with Crippen molar-refractivity contribution >= 4 is 11.6 Å². The van der Waals surface area contributed by atoms with Crippen molar-refractivity contribution in [2.45, 2.75) is 12.8 Å². The minimum atomic E-state index is -0.950. The lowest BCUT2D eigenvalue weighted by Gasteiger charge is -2.02. The third-order valence-electron chi connectivity index (χ3n) is 3.26. The predicted molar refractivity (Wildman–Crippen MR) is 64.6 cm³/mol. The van der Waals surface area contributed by atoms with Crippen molar-refractivity contribution in [2.24, 2.45) is 5.92 Å². The second kappa shape index (κ2) is 4.38. The van der Waals surface area contributed by atoms with E-state index in [4.69, 9.17) is 5.11 Å². The number of carbonyl (C=O) groups is 1. The Hall–Kier alpha value is -1.95. The maximum absolute atomic E-state index is 10.9. The fraction of sp³-hybridized carbons (Fsp3) is 0.417. The summed E-state index contributed by atoms with van der Waals surface area (Å²) < 4.78 is 1.54. The topological polar surface area (TPSA) is 79.5 Å². The lowest BCUT2D eigenvalue weighted by Crippen LogP contribution is -2.11. The second-order valence-corrected chi connectivity index (χ2v) is 4.62. The van der Waals surface area contributed by atoms with Crippen LogP contribution in [0.1, 0.15) is 22.6 Å². The van der Waals surface area contributed by atoms with Gasteiger partial charge in [0.1, 0.15) is 0 Å². The third kappa shape index (κ3) is 2.06. The molecule has 6 heteroatoms. The summed E-state index contributed by atoms with van der Waals surface area (Å²) in [4.78, 5) is 15.3. The molecule has 0 bridgehead atoms. The van der Waals surface area contributed by atoms with Gasteiger partial charge in [0, 0.05) is 12.6 Å². The van der Waals surface area contributed by atoms with Crippen molar-refractivity contribution in [3.8, 4) is 0 Å². The molecule has 0 spiro atoms. The number of pyridine rings is 1. The van der Waals surface area contributed by atoms with Crippen LogP contribution in [0.2, 0.25) is 0 Å². The van der Waals surface area contributed by atoms with Gasteiger partial charge in [-0.25, -0.2) is 14.3 Å². The molecular formula is C12H14N4O2. The number of nitrogens with zero attached hydrogens (tertiary/aromatic N) is 3. The molecule has 0 amide bonds. The summed E-state index contributed by atoms with van der Waals surface area (Å²) in [6.07, 6.45) is 3.49. The fourth-order valence-corrected chi connectivity index (χ4v) is 2.29. The number of nitrogens with one attached hydrogen (secondary N) is 1. The van der Waals surface area contributed by atoms with Crippen LogP contribution in [0.3, 0.4) is 0 Å². The van der Waals surface area contributed by atoms with E-state index >= 15 is 0 Å². The summed E-state index contributed by atoms with van der Waals surface area (Å²) in [5.74, 6) is 0.418. The molecule has 0 aromatic carbocycles. The van der Waals surface area contributed by atoms with Crippen LogP contribution in [-0.4, -0.2) is 38.8 Å². The Bertz CT molecular complexity index is 587. The van der Waals surface area contributed by atoms with E-state index in [1.54, 1.807) is 16.6 Å². The number of aromatic carboxylic acids is 1. The van der Waals surface area contributed by atoms with Crippen LogP contribution in [-0.2, 0) is 6.42 Å². The first kappa shape index (κ1) is 11.2. The molecule has 1 unspecified atom stereocenters. The highest BCUT2D eigenvalue weighted by Gasteiger charge is 2.17. The van der Waals surface area contributed by atoms with Crippen LogP contribution in [0.15, 0.2) is 18.3 Å². The van der Waals surface area contributed by atoms with Gasteiger partial charge in [-0.1, -0.05) is 0 Å². The summed E-state index contributed by atoms with van der Waals surface area (Å²) >= 11 is 0. The van der Waals surface area contributed by atoms with E-state index in [1.807, 2.05) is 0 Å². The Balaban J connectivity index is 1.87. The normalized spacial score (nSPS) is 19.4. The predicted octanol–water partition coefficient (Wildman–Crippen LogP) is 0.579. The summed E-state index contributed by atoms with van der Waals surface area (Å²) in [7, 11) is 0.